The van der Waals surface area contributed by atoms with Crippen LogP contribution in [0, 0.1) is 13.8 Å². The molecule has 1 nitrogen and oxygen atoms in total. The first kappa shape index (κ1) is 13.8. The van der Waals surface area contributed by atoms with Crippen LogP contribution in [0.25, 0.3) is 0 Å². The minimum Gasteiger partial charge on any atom is -0.309 e. The highest BCUT2D eigenvalue weighted by Gasteiger charge is 2.02. The molecular weight excluding hydrogens is 230 g/mol. The van der Waals surface area contributed by atoms with E-state index in [9.17, 15) is 0 Å². The minimum absolute atomic E-state index is 0.936. The molecule has 1 heteroatoms. The molecule has 0 fully saturated rings. The summed E-state index contributed by atoms with van der Waals surface area (Å²) >= 11 is 0. The summed E-state index contributed by atoms with van der Waals surface area (Å²) < 4.78 is 0. The largest absolute Gasteiger partial charge is 0.309 e. The van der Waals surface area contributed by atoms with Crippen LogP contribution in [-0.2, 0) is 19.5 Å². The Kier molecular flexibility index (Phi) is 4.75. The molecule has 0 saturated heterocycles. The second kappa shape index (κ2) is 6.53. The quantitative estimate of drug-likeness (QED) is 0.844. The maximum atomic E-state index is 3.56. The van der Waals surface area contributed by atoms with Gasteiger partial charge in [0.1, 0.15) is 0 Å². The molecule has 100 valence electrons. The summed E-state index contributed by atoms with van der Waals surface area (Å²) in [5.74, 6) is 0. The number of rotatable bonds is 5. The van der Waals surface area contributed by atoms with Gasteiger partial charge in [0.25, 0.3) is 0 Å². The topological polar surface area (TPSA) is 12.0 Å². The molecular formula is C18H23N. The molecule has 0 aliphatic carbocycles. The molecule has 0 heterocycles. The molecule has 0 aliphatic heterocycles. The minimum atomic E-state index is 0.936. The number of hydrogen-bond acceptors (Lipinski definition) is 1. The Hall–Kier alpha value is -1.60. The molecule has 0 spiro atoms. The van der Waals surface area contributed by atoms with E-state index in [1.807, 2.05) is 0 Å². The van der Waals surface area contributed by atoms with Crippen LogP contribution in [0.3, 0.4) is 0 Å². The highest BCUT2D eigenvalue weighted by Crippen LogP contribution is 2.13. The smallest absolute Gasteiger partial charge is 0.0211 e. The van der Waals surface area contributed by atoms with Gasteiger partial charge in [-0.1, -0.05) is 49.4 Å². The van der Waals surface area contributed by atoms with Gasteiger partial charge in [-0.15, -0.1) is 0 Å². The lowest BCUT2D eigenvalue weighted by Crippen LogP contribution is -2.14. The van der Waals surface area contributed by atoms with Gasteiger partial charge in [0.2, 0.25) is 0 Å². The molecule has 0 saturated carbocycles. The normalized spacial score (nSPS) is 10.7. The van der Waals surface area contributed by atoms with Crippen molar-refractivity contribution in [3.63, 3.8) is 0 Å². The van der Waals surface area contributed by atoms with Gasteiger partial charge in [-0.25, -0.2) is 0 Å². The summed E-state index contributed by atoms with van der Waals surface area (Å²) in [6.07, 6.45) is 1.10. The van der Waals surface area contributed by atoms with Crippen LogP contribution in [0.1, 0.15) is 34.7 Å². The molecule has 0 atom stereocenters. The average Bonchev–Trinajstić information content (AvgIpc) is 2.44. The molecule has 0 aromatic heterocycles. The lowest BCUT2D eigenvalue weighted by molar-refractivity contribution is 0.685. The summed E-state index contributed by atoms with van der Waals surface area (Å²) in [5, 5.41) is 3.56. The second-order valence-electron chi connectivity index (χ2n) is 5.08. The first-order valence-corrected chi connectivity index (χ1v) is 7.05. The predicted molar refractivity (Wildman–Crippen MR) is 82.3 cm³/mol. The Morgan fingerprint density at radius 3 is 2.16 bits per heavy atom. The van der Waals surface area contributed by atoms with Crippen molar-refractivity contribution in [2.24, 2.45) is 0 Å². The summed E-state index contributed by atoms with van der Waals surface area (Å²) in [7, 11) is 0. The van der Waals surface area contributed by atoms with Gasteiger partial charge in [-0.05, 0) is 48.1 Å². The molecule has 2 aromatic rings. The first-order chi connectivity index (χ1) is 9.22. The average molecular weight is 253 g/mol. The van der Waals surface area contributed by atoms with Crippen LogP contribution in [0.4, 0.5) is 0 Å². The van der Waals surface area contributed by atoms with Crippen LogP contribution in [0.15, 0.2) is 42.5 Å². The number of aryl methyl sites for hydroxylation is 2. The first-order valence-electron chi connectivity index (χ1n) is 7.05. The Bertz CT molecular complexity index is 543. The van der Waals surface area contributed by atoms with E-state index in [4.69, 9.17) is 0 Å². The van der Waals surface area contributed by atoms with E-state index in [1.54, 1.807) is 0 Å². The number of nitrogens with one attached hydrogen (secondary N) is 1. The van der Waals surface area contributed by atoms with Gasteiger partial charge < -0.3 is 5.32 Å². The third-order valence-corrected chi connectivity index (χ3v) is 3.85. The SMILES string of the molecule is CCc1ccccc1CNCc1cccc(C)c1C. The summed E-state index contributed by atoms with van der Waals surface area (Å²) in [4.78, 5) is 0. The lowest BCUT2D eigenvalue weighted by Gasteiger charge is -2.12. The van der Waals surface area contributed by atoms with E-state index in [-0.39, 0.29) is 0 Å². The Balaban J connectivity index is 1.98. The van der Waals surface area contributed by atoms with E-state index >= 15 is 0 Å². The van der Waals surface area contributed by atoms with Gasteiger partial charge in [0.05, 0.1) is 0 Å². The molecule has 0 radical (unpaired) electrons. The maximum absolute atomic E-state index is 3.56. The third kappa shape index (κ3) is 3.45. The van der Waals surface area contributed by atoms with Crippen molar-refractivity contribution >= 4 is 0 Å². The zero-order valence-corrected chi connectivity index (χ0v) is 12.2. The number of benzene rings is 2. The summed E-state index contributed by atoms with van der Waals surface area (Å²) in [6, 6.07) is 15.2. The van der Waals surface area contributed by atoms with Gasteiger partial charge in [-0.3, -0.25) is 0 Å². The summed E-state index contributed by atoms with van der Waals surface area (Å²) in [5.41, 5.74) is 7.02. The third-order valence-electron chi connectivity index (χ3n) is 3.85. The fraction of sp³-hybridized carbons (Fsp3) is 0.333. The fourth-order valence-electron chi connectivity index (χ4n) is 2.41. The Morgan fingerprint density at radius 1 is 0.789 bits per heavy atom. The molecule has 2 aromatic carbocycles. The molecule has 1 N–H and O–H groups in total. The molecule has 19 heavy (non-hydrogen) atoms. The maximum Gasteiger partial charge on any atom is 0.0211 e. The van der Waals surface area contributed by atoms with E-state index in [1.165, 1.54) is 27.8 Å². The van der Waals surface area contributed by atoms with E-state index in [0.717, 1.165) is 19.5 Å². The Labute approximate surface area is 116 Å². The van der Waals surface area contributed by atoms with Crippen molar-refractivity contribution in [3.8, 4) is 0 Å². The molecule has 0 unspecified atom stereocenters. The van der Waals surface area contributed by atoms with Gasteiger partial charge in [-0.2, -0.15) is 0 Å². The molecule has 0 bridgehead atoms. The van der Waals surface area contributed by atoms with Gasteiger partial charge in [0.15, 0.2) is 0 Å². The van der Waals surface area contributed by atoms with Gasteiger partial charge >= 0.3 is 0 Å². The summed E-state index contributed by atoms with van der Waals surface area (Å²) in [6.45, 7) is 8.46. The second-order valence-corrected chi connectivity index (χ2v) is 5.08. The lowest BCUT2D eigenvalue weighted by atomic mass is 10.0. The predicted octanol–water partition coefficient (Wildman–Crippen LogP) is 4.16. The fourth-order valence-corrected chi connectivity index (χ4v) is 2.41. The standard InChI is InChI=1S/C18H23N/c1-4-16-9-5-6-10-18(16)13-19-12-17-11-7-8-14(2)15(17)3/h5-11,19H,4,12-13H2,1-3H3. The highest BCUT2D eigenvalue weighted by molar-refractivity contribution is 5.33. The van der Waals surface area contributed by atoms with E-state index in [0.29, 0.717) is 0 Å². The van der Waals surface area contributed by atoms with Crippen molar-refractivity contribution in [1.29, 1.82) is 0 Å². The van der Waals surface area contributed by atoms with E-state index in [2.05, 4.69) is 68.6 Å². The van der Waals surface area contributed by atoms with Crippen molar-refractivity contribution < 1.29 is 0 Å². The van der Waals surface area contributed by atoms with Crippen molar-refractivity contribution in [2.75, 3.05) is 0 Å². The Morgan fingerprint density at radius 2 is 1.42 bits per heavy atom. The van der Waals surface area contributed by atoms with Crippen molar-refractivity contribution in [2.45, 2.75) is 40.3 Å². The zero-order valence-electron chi connectivity index (χ0n) is 12.2. The van der Waals surface area contributed by atoms with Crippen LogP contribution >= 0.6 is 0 Å². The zero-order chi connectivity index (χ0) is 13.7. The number of hydrogen-bond donors (Lipinski definition) is 1. The molecule has 2 rings (SSSR count). The van der Waals surface area contributed by atoms with Gasteiger partial charge in [0, 0.05) is 13.1 Å². The highest BCUT2D eigenvalue weighted by atomic mass is 14.8. The van der Waals surface area contributed by atoms with Crippen molar-refractivity contribution in [3.05, 3.63) is 70.3 Å². The van der Waals surface area contributed by atoms with Crippen LogP contribution in [-0.4, -0.2) is 0 Å². The van der Waals surface area contributed by atoms with Crippen LogP contribution < -0.4 is 5.32 Å². The molecule has 0 aliphatic rings. The van der Waals surface area contributed by atoms with Crippen LogP contribution in [0.5, 0.6) is 0 Å². The van der Waals surface area contributed by atoms with Crippen molar-refractivity contribution in [1.82, 2.24) is 5.32 Å². The monoisotopic (exact) mass is 253 g/mol. The van der Waals surface area contributed by atoms with E-state index < -0.39 is 0 Å². The molecule has 0 amide bonds. The van der Waals surface area contributed by atoms with Crippen LogP contribution in [0.2, 0.25) is 0 Å².